The van der Waals surface area contributed by atoms with Crippen LogP contribution < -0.4 is 4.90 Å². The highest BCUT2D eigenvalue weighted by Crippen LogP contribution is 2.27. The number of nitrogens with zero attached hydrogens (tertiary/aromatic N) is 3. The molecule has 3 rings (SSSR count). The van der Waals surface area contributed by atoms with Crippen LogP contribution in [-0.2, 0) is 17.8 Å². The predicted molar refractivity (Wildman–Crippen MR) is 74.8 cm³/mol. The summed E-state index contributed by atoms with van der Waals surface area (Å²) >= 11 is 5.72. The molecule has 0 radical (unpaired) electrons. The van der Waals surface area contributed by atoms with Gasteiger partial charge in [-0.05, 0) is 23.3 Å². The van der Waals surface area contributed by atoms with Crippen LogP contribution in [-0.4, -0.2) is 27.3 Å². The molecule has 0 fully saturated rings. The number of fused-ring (bicyclic) bond motifs is 1. The number of aliphatic carboxylic acids is 1. The standard InChI is InChI=1S/C14H12ClN3O2/c15-12-5-6-13(17-16-12)18-8-10-4-2-1-3-9(10)7-11(18)14(19)20/h1-6,11H,7-8H2,(H,19,20). The van der Waals surface area contributed by atoms with Crippen molar-refractivity contribution in [3.05, 3.63) is 52.7 Å². The third-order valence-corrected chi connectivity index (χ3v) is 3.65. The Morgan fingerprint density at radius 3 is 2.60 bits per heavy atom. The lowest BCUT2D eigenvalue weighted by Gasteiger charge is -2.34. The Balaban J connectivity index is 2.00. The van der Waals surface area contributed by atoms with Crippen LogP contribution in [0.15, 0.2) is 36.4 Å². The van der Waals surface area contributed by atoms with Gasteiger partial charge in [0.25, 0.3) is 0 Å². The van der Waals surface area contributed by atoms with E-state index >= 15 is 0 Å². The highest BCUT2D eigenvalue weighted by molar-refractivity contribution is 6.29. The van der Waals surface area contributed by atoms with E-state index in [0.29, 0.717) is 18.8 Å². The highest BCUT2D eigenvalue weighted by atomic mass is 35.5. The average molecular weight is 290 g/mol. The summed E-state index contributed by atoms with van der Waals surface area (Å²) in [5, 5.41) is 17.5. The summed E-state index contributed by atoms with van der Waals surface area (Å²) in [5.41, 5.74) is 2.18. The fourth-order valence-electron chi connectivity index (χ4n) is 2.45. The van der Waals surface area contributed by atoms with Crippen molar-refractivity contribution in [3.63, 3.8) is 0 Å². The third-order valence-electron chi connectivity index (χ3n) is 3.45. The Hall–Kier alpha value is -2.14. The van der Waals surface area contributed by atoms with Crippen LogP contribution in [0.1, 0.15) is 11.1 Å². The topological polar surface area (TPSA) is 66.3 Å². The molecule has 2 heterocycles. The fourth-order valence-corrected chi connectivity index (χ4v) is 2.55. The first kappa shape index (κ1) is 12.9. The Morgan fingerprint density at radius 1 is 1.20 bits per heavy atom. The van der Waals surface area contributed by atoms with Gasteiger partial charge >= 0.3 is 5.97 Å². The summed E-state index contributed by atoms with van der Waals surface area (Å²) in [7, 11) is 0. The molecule has 102 valence electrons. The fraction of sp³-hybridized carbons (Fsp3) is 0.214. The van der Waals surface area contributed by atoms with Crippen LogP contribution in [0, 0.1) is 0 Å². The molecule has 5 nitrogen and oxygen atoms in total. The molecule has 6 heteroatoms. The van der Waals surface area contributed by atoms with Crippen LogP contribution in [0.2, 0.25) is 5.15 Å². The molecule has 0 spiro atoms. The van der Waals surface area contributed by atoms with E-state index in [1.165, 1.54) is 0 Å². The molecule has 1 aromatic heterocycles. The molecule has 20 heavy (non-hydrogen) atoms. The van der Waals surface area contributed by atoms with Crippen LogP contribution in [0.5, 0.6) is 0 Å². The molecule has 0 amide bonds. The zero-order valence-corrected chi connectivity index (χ0v) is 11.3. The van der Waals surface area contributed by atoms with Gasteiger partial charge in [0.05, 0.1) is 0 Å². The highest BCUT2D eigenvalue weighted by Gasteiger charge is 2.32. The number of halogens is 1. The first-order chi connectivity index (χ1) is 9.65. The van der Waals surface area contributed by atoms with Crippen LogP contribution in [0.4, 0.5) is 5.82 Å². The molecule has 1 unspecified atom stereocenters. The monoisotopic (exact) mass is 289 g/mol. The number of aromatic nitrogens is 2. The zero-order valence-electron chi connectivity index (χ0n) is 10.5. The van der Waals surface area contributed by atoms with Crippen LogP contribution in [0.25, 0.3) is 0 Å². The van der Waals surface area contributed by atoms with Gasteiger partial charge < -0.3 is 10.0 Å². The van der Waals surface area contributed by atoms with Gasteiger partial charge in [0.15, 0.2) is 11.0 Å². The van der Waals surface area contributed by atoms with E-state index in [9.17, 15) is 9.90 Å². The normalized spacial score (nSPS) is 17.6. The lowest BCUT2D eigenvalue weighted by atomic mass is 9.94. The summed E-state index contributed by atoms with van der Waals surface area (Å²) in [6.45, 7) is 0.503. The maximum absolute atomic E-state index is 11.5. The molecule has 1 aromatic carbocycles. The van der Waals surface area contributed by atoms with Gasteiger partial charge in [-0.25, -0.2) is 4.79 Å². The van der Waals surface area contributed by atoms with Gasteiger partial charge in [-0.1, -0.05) is 35.9 Å². The smallest absolute Gasteiger partial charge is 0.326 e. The number of carboxylic acids is 1. The van der Waals surface area contributed by atoms with Crippen molar-refractivity contribution in [2.24, 2.45) is 0 Å². The van der Waals surface area contributed by atoms with E-state index < -0.39 is 12.0 Å². The van der Waals surface area contributed by atoms with Crippen LogP contribution >= 0.6 is 11.6 Å². The number of carboxylic acid groups (broad SMARTS) is 1. The lowest BCUT2D eigenvalue weighted by molar-refractivity contribution is -0.138. The van der Waals surface area contributed by atoms with Gasteiger partial charge in [-0.15, -0.1) is 10.2 Å². The molecular formula is C14H12ClN3O2. The maximum Gasteiger partial charge on any atom is 0.326 e. The first-order valence-corrected chi connectivity index (χ1v) is 6.58. The largest absolute Gasteiger partial charge is 0.480 e. The van der Waals surface area contributed by atoms with Crippen molar-refractivity contribution in [1.29, 1.82) is 0 Å². The van der Waals surface area contributed by atoms with Crippen molar-refractivity contribution in [2.45, 2.75) is 19.0 Å². The summed E-state index contributed by atoms with van der Waals surface area (Å²) in [5.74, 6) is -0.340. The second-order valence-corrected chi connectivity index (χ2v) is 5.06. The van der Waals surface area contributed by atoms with Crippen molar-refractivity contribution in [1.82, 2.24) is 10.2 Å². The van der Waals surface area contributed by atoms with Gasteiger partial charge in [-0.3, -0.25) is 0 Å². The second kappa shape index (κ2) is 5.09. The van der Waals surface area contributed by atoms with E-state index in [4.69, 9.17) is 11.6 Å². The zero-order chi connectivity index (χ0) is 14.1. The molecular weight excluding hydrogens is 278 g/mol. The number of carbonyl (C=O) groups is 1. The molecule has 0 aliphatic carbocycles. The van der Waals surface area contributed by atoms with Gasteiger partial charge in [0.1, 0.15) is 6.04 Å². The third kappa shape index (κ3) is 2.32. The molecule has 0 saturated heterocycles. The summed E-state index contributed by atoms with van der Waals surface area (Å²) in [6, 6.07) is 10.5. The molecule has 0 bridgehead atoms. The summed E-state index contributed by atoms with van der Waals surface area (Å²) in [6.07, 6.45) is 0.454. The van der Waals surface area contributed by atoms with E-state index in [-0.39, 0.29) is 5.15 Å². The maximum atomic E-state index is 11.5. The van der Waals surface area contributed by atoms with Gasteiger partial charge in [-0.2, -0.15) is 0 Å². The number of hydrogen-bond acceptors (Lipinski definition) is 4. The molecule has 1 aliphatic heterocycles. The molecule has 1 N–H and O–H groups in total. The molecule has 2 aromatic rings. The van der Waals surface area contributed by atoms with Crippen molar-refractivity contribution < 1.29 is 9.90 Å². The van der Waals surface area contributed by atoms with Crippen LogP contribution in [0.3, 0.4) is 0 Å². The minimum Gasteiger partial charge on any atom is -0.480 e. The van der Waals surface area contributed by atoms with E-state index in [1.807, 2.05) is 24.3 Å². The minimum absolute atomic E-state index is 0.290. The predicted octanol–water partition coefficient (Wildman–Crippen LogP) is 2.15. The lowest BCUT2D eigenvalue weighted by Crippen LogP contribution is -2.46. The Bertz CT molecular complexity index is 645. The van der Waals surface area contributed by atoms with E-state index in [1.54, 1.807) is 17.0 Å². The Morgan fingerprint density at radius 2 is 1.95 bits per heavy atom. The Kier molecular flexibility index (Phi) is 3.28. The SMILES string of the molecule is O=C(O)C1Cc2ccccc2CN1c1ccc(Cl)nn1. The Labute approximate surface area is 120 Å². The molecule has 1 aliphatic rings. The van der Waals surface area contributed by atoms with E-state index in [2.05, 4.69) is 10.2 Å². The van der Waals surface area contributed by atoms with Crippen molar-refractivity contribution in [2.75, 3.05) is 4.90 Å². The van der Waals surface area contributed by atoms with Gasteiger partial charge in [0, 0.05) is 13.0 Å². The number of anilines is 1. The molecule has 0 saturated carbocycles. The number of rotatable bonds is 2. The summed E-state index contributed by atoms with van der Waals surface area (Å²) in [4.78, 5) is 13.2. The summed E-state index contributed by atoms with van der Waals surface area (Å²) < 4.78 is 0. The number of hydrogen-bond donors (Lipinski definition) is 1. The minimum atomic E-state index is -0.865. The van der Waals surface area contributed by atoms with Crippen molar-refractivity contribution in [3.8, 4) is 0 Å². The quantitative estimate of drug-likeness (QED) is 0.917. The second-order valence-electron chi connectivity index (χ2n) is 4.67. The first-order valence-electron chi connectivity index (χ1n) is 6.20. The van der Waals surface area contributed by atoms with E-state index in [0.717, 1.165) is 11.1 Å². The number of benzene rings is 1. The molecule has 1 atom stereocenters. The average Bonchev–Trinajstić information content (AvgIpc) is 2.46. The van der Waals surface area contributed by atoms with Crippen molar-refractivity contribution >= 4 is 23.4 Å². The van der Waals surface area contributed by atoms with Gasteiger partial charge in [0.2, 0.25) is 0 Å².